The molecule has 0 aliphatic heterocycles. The SMILES string of the molecule is Cn1c(C2CCC2)cnc1Br. The lowest BCUT2D eigenvalue weighted by Crippen LogP contribution is -2.12. The van der Waals surface area contributed by atoms with E-state index in [-0.39, 0.29) is 0 Å². The van der Waals surface area contributed by atoms with Crippen molar-refractivity contribution in [2.45, 2.75) is 25.2 Å². The third-order valence-electron chi connectivity index (χ3n) is 2.49. The Morgan fingerprint density at radius 2 is 2.36 bits per heavy atom. The van der Waals surface area contributed by atoms with Gasteiger partial charge in [-0.2, -0.15) is 0 Å². The fraction of sp³-hybridized carbons (Fsp3) is 0.625. The summed E-state index contributed by atoms with van der Waals surface area (Å²) in [6, 6.07) is 0. The minimum absolute atomic E-state index is 0.777. The van der Waals surface area contributed by atoms with Crippen molar-refractivity contribution in [3.8, 4) is 0 Å². The molecule has 2 nitrogen and oxygen atoms in total. The second-order valence-electron chi connectivity index (χ2n) is 3.14. The lowest BCUT2D eigenvalue weighted by molar-refractivity contribution is 0.402. The molecule has 3 heteroatoms. The van der Waals surface area contributed by atoms with E-state index in [1.54, 1.807) is 0 Å². The van der Waals surface area contributed by atoms with Gasteiger partial charge in [0.15, 0.2) is 4.73 Å². The van der Waals surface area contributed by atoms with Gasteiger partial charge >= 0.3 is 0 Å². The fourth-order valence-electron chi connectivity index (χ4n) is 1.48. The van der Waals surface area contributed by atoms with Crippen molar-refractivity contribution in [1.29, 1.82) is 0 Å². The minimum atomic E-state index is 0.777. The van der Waals surface area contributed by atoms with Crippen LogP contribution < -0.4 is 0 Å². The van der Waals surface area contributed by atoms with Crippen LogP contribution in [0.15, 0.2) is 10.9 Å². The molecule has 0 saturated heterocycles. The van der Waals surface area contributed by atoms with Gasteiger partial charge in [-0.05, 0) is 28.8 Å². The first kappa shape index (κ1) is 7.35. The topological polar surface area (TPSA) is 17.8 Å². The number of nitrogens with zero attached hydrogens (tertiary/aromatic N) is 2. The maximum Gasteiger partial charge on any atom is 0.177 e. The molecule has 1 aromatic heterocycles. The molecule has 1 saturated carbocycles. The van der Waals surface area contributed by atoms with E-state index >= 15 is 0 Å². The Hall–Kier alpha value is -0.310. The van der Waals surface area contributed by atoms with E-state index in [9.17, 15) is 0 Å². The van der Waals surface area contributed by atoms with Crippen LogP contribution >= 0.6 is 15.9 Å². The van der Waals surface area contributed by atoms with Gasteiger partial charge < -0.3 is 4.57 Å². The number of imidazole rings is 1. The summed E-state index contributed by atoms with van der Waals surface area (Å²) in [6.07, 6.45) is 6.04. The Labute approximate surface area is 74.8 Å². The van der Waals surface area contributed by atoms with Gasteiger partial charge in [0, 0.05) is 24.9 Å². The van der Waals surface area contributed by atoms with E-state index in [4.69, 9.17) is 0 Å². The minimum Gasteiger partial charge on any atom is -0.326 e. The summed E-state index contributed by atoms with van der Waals surface area (Å²) in [7, 11) is 2.06. The highest BCUT2D eigenvalue weighted by Crippen LogP contribution is 2.36. The molecule has 0 spiro atoms. The summed E-state index contributed by atoms with van der Waals surface area (Å²) < 4.78 is 3.07. The average Bonchev–Trinajstić information content (AvgIpc) is 2.15. The highest BCUT2D eigenvalue weighted by atomic mass is 79.9. The lowest BCUT2D eigenvalue weighted by atomic mass is 9.83. The number of aromatic nitrogens is 2. The molecule has 0 aromatic carbocycles. The van der Waals surface area contributed by atoms with Crippen LogP contribution in [0.1, 0.15) is 30.9 Å². The van der Waals surface area contributed by atoms with E-state index in [2.05, 4.69) is 32.5 Å². The van der Waals surface area contributed by atoms with E-state index < -0.39 is 0 Å². The molecule has 2 rings (SSSR count). The van der Waals surface area contributed by atoms with Crippen LogP contribution in [0.3, 0.4) is 0 Å². The monoisotopic (exact) mass is 214 g/mol. The van der Waals surface area contributed by atoms with Crippen molar-refractivity contribution < 1.29 is 0 Å². The molecular weight excluding hydrogens is 204 g/mol. The smallest absolute Gasteiger partial charge is 0.177 e. The van der Waals surface area contributed by atoms with Crippen molar-refractivity contribution >= 4 is 15.9 Å². The molecule has 0 amide bonds. The summed E-state index contributed by atoms with van der Waals surface area (Å²) in [5.41, 5.74) is 1.38. The van der Waals surface area contributed by atoms with Crippen LogP contribution in [0.4, 0.5) is 0 Å². The number of hydrogen-bond acceptors (Lipinski definition) is 1. The summed E-state index contributed by atoms with van der Waals surface area (Å²) >= 11 is 3.39. The Morgan fingerprint density at radius 3 is 2.73 bits per heavy atom. The molecule has 1 aliphatic carbocycles. The Balaban J connectivity index is 2.29. The number of rotatable bonds is 1. The zero-order chi connectivity index (χ0) is 7.84. The van der Waals surface area contributed by atoms with Crippen LogP contribution in [-0.4, -0.2) is 9.55 Å². The first-order valence-electron chi connectivity index (χ1n) is 3.96. The van der Waals surface area contributed by atoms with Crippen molar-refractivity contribution in [2.75, 3.05) is 0 Å². The fourth-order valence-corrected chi connectivity index (χ4v) is 1.79. The molecule has 1 heterocycles. The molecule has 1 fully saturated rings. The van der Waals surface area contributed by atoms with Crippen molar-refractivity contribution in [1.82, 2.24) is 9.55 Å². The van der Waals surface area contributed by atoms with Gasteiger partial charge in [0.2, 0.25) is 0 Å². The van der Waals surface area contributed by atoms with Gasteiger partial charge in [0.1, 0.15) is 0 Å². The molecule has 11 heavy (non-hydrogen) atoms. The van der Waals surface area contributed by atoms with E-state index in [0.717, 1.165) is 10.7 Å². The third kappa shape index (κ3) is 1.11. The quantitative estimate of drug-likeness (QED) is 0.703. The summed E-state index contributed by atoms with van der Waals surface area (Å²) in [4.78, 5) is 4.20. The molecular formula is C8H11BrN2. The first-order chi connectivity index (χ1) is 5.29. The molecule has 1 aromatic rings. The van der Waals surface area contributed by atoms with E-state index in [0.29, 0.717) is 0 Å². The van der Waals surface area contributed by atoms with Gasteiger partial charge in [-0.1, -0.05) is 6.42 Å². The van der Waals surface area contributed by atoms with Gasteiger partial charge in [-0.3, -0.25) is 0 Å². The van der Waals surface area contributed by atoms with Gasteiger partial charge in [0.05, 0.1) is 0 Å². The largest absolute Gasteiger partial charge is 0.326 e. The highest BCUT2D eigenvalue weighted by molar-refractivity contribution is 9.10. The number of hydrogen-bond donors (Lipinski definition) is 0. The van der Waals surface area contributed by atoms with E-state index in [1.165, 1.54) is 25.0 Å². The van der Waals surface area contributed by atoms with Crippen molar-refractivity contribution in [3.05, 3.63) is 16.6 Å². The Kier molecular flexibility index (Phi) is 1.75. The van der Waals surface area contributed by atoms with Crippen LogP contribution in [0.2, 0.25) is 0 Å². The maximum absolute atomic E-state index is 4.20. The zero-order valence-electron chi connectivity index (χ0n) is 6.55. The second kappa shape index (κ2) is 2.63. The molecule has 0 radical (unpaired) electrons. The standard InChI is InChI=1S/C8H11BrN2/c1-11-7(5-10-8(11)9)6-3-2-4-6/h5-6H,2-4H2,1H3. The predicted octanol–water partition coefficient (Wildman–Crippen LogP) is 2.45. The Morgan fingerprint density at radius 1 is 1.64 bits per heavy atom. The second-order valence-corrected chi connectivity index (χ2v) is 3.85. The highest BCUT2D eigenvalue weighted by Gasteiger charge is 2.22. The van der Waals surface area contributed by atoms with Crippen molar-refractivity contribution in [3.63, 3.8) is 0 Å². The van der Waals surface area contributed by atoms with Gasteiger partial charge in [-0.25, -0.2) is 4.98 Å². The predicted molar refractivity (Wildman–Crippen MR) is 47.5 cm³/mol. The summed E-state index contributed by atoms with van der Waals surface area (Å²) in [5, 5.41) is 0. The van der Waals surface area contributed by atoms with Crippen LogP contribution in [0, 0.1) is 0 Å². The maximum atomic E-state index is 4.20. The van der Waals surface area contributed by atoms with Crippen LogP contribution in [0.25, 0.3) is 0 Å². The van der Waals surface area contributed by atoms with Gasteiger partial charge in [0.25, 0.3) is 0 Å². The first-order valence-corrected chi connectivity index (χ1v) is 4.75. The average molecular weight is 215 g/mol. The molecule has 0 N–H and O–H groups in total. The lowest BCUT2D eigenvalue weighted by Gasteiger charge is -2.25. The van der Waals surface area contributed by atoms with E-state index in [1.807, 2.05) is 6.20 Å². The summed E-state index contributed by atoms with van der Waals surface area (Å²) in [5.74, 6) is 0.777. The normalized spacial score (nSPS) is 18.4. The molecule has 1 aliphatic rings. The van der Waals surface area contributed by atoms with Crippen LogP contribution in [0.5, 0.6) is 0 Å². The molecule has 0 atom stereocenters. The van der Waals surface area contributed by atoms with Crippen molar-refractivity contribution in [2.24, 2.45) is 7.05 Å². The van der Waals surface area contributed by atoms with Crippen LogP contribution in [-0.2, 0) is 7.05 Å². The molecule has 0 unspecified atom stereocenters. The molecule has 0 bridgehead atoms. The van der Waals surface area contributed by atoms with Gasteiger partial charge in [-0.15, -0.1) is 0 Å². The number of halogens is 1. The summed E-state index contributed by atoms with van der Waals surface area (Å²) in [6.45, 7) is 0. The zero-order valence-corrected chi connectivity index (χ0v) is 8.13. The Bertz CT molecular complexity index is 263. The molecule has 60 valence electrons. The third-order valence-corrected chi connectivity index (χ3v) is 3.23.